The Balaban J connectivity index is 1.59. The molecule has 2 N–H and O–H groups in total. The molecule has 0 saturated carbocycles. The van der Waals surface area contributed by atoms with Crippen molar-refractivity contribution in [1.82, 2.24) is 10.5 Å². The second-order valence-corrected chi connectivity index (χ2v) is 7.12. The summed E-state index contributed by atoms with van der Waals surface area (Å²) in [6.07, 6.45) is 1.72. The summed E-state index contributed by atoms with van der Waals surface area (Å²) in [6.45, 7) is 4.83. The minimum absolute atomic E-state index is 0.0474. The number of aliphatic hydroxyl groups is 1. The summed E-state index contributed by atoms with van der Waals surface area (Å²) < 4.78 is 16.7. The van der Waals surface area contributed by atoms with Gasteiger partial charge in [0.15, 0.2) is 5.76 Å². The van der Waals surface area contributed by atoms with E-state index in [1.54, 1.807) is 7.11 Å². The number of rotatable bonds is 7. The Morgan fingerprint density at radius 3 is 2.73 bits per heavy atom. The van der Waals surface area contributed by atoms with Gasteiger partial charge in [0, 0.05) is 30.6 Å². The lowest BCUT2D eigenvalue weighted by atomic mass is 9.98. The van der Waals surface area contributed by atoms with Gasteiger partial charge in [0.1, 0.15) is 5.75 Å². The number of benzene rings is 1. The van der Waals surface area contributed by atoms with Crippen molar-refractivity contribution in [3.8, 4) is 17.1 Å². The first-order valence-corrected chi connectivity index (χ1v) is 9.22. The van der Waals surface area contributed by atoms with Crippen molar-refractivity contribution >= 4 is 0 Å². The zero-order valence-electron chi connectivity index (χ0n) is 15.6. The van der Waals surface area contributed by atoms with Gasteiger partial charge in [0.05, 0.1) is 31.1 Å². The van der Waals surface area contributed by atoms with Crippen molar-refractivity contribution in [2.75, 3.05) is 13.7 Å². The van der Waals surface area contributed by atoms with Crippen LogP contribution in [0.4, 0.5) is 0 Å². The van der Waals surface area contributed by atoms with Crippen LogP contribution in [0.25, 0.3) is 11.3 Å². The number of aliphatic hydroxyl groups excluding tert-OH is 1. The van der Waals surface area contributed by atoms with Crippen LogP contribution in [0.2, 0.25) is 0 Å². The van der Waals surface area contributed by atoms with Gasteiger partial charge in [0.2, 0.25) is 0 Å². The summed E-state index contributed by atoms with van der Waals surface area (Å²) in [4.78, 5) is 0. The number of methoxy groups -OCH3 is 1. The van der Waals surface area contributed by atoms with Crippen LogP contribution in [0, 0.1) is 0 Å². The molecule has 1 fully saturated rings. The quantitative estimate of drug-likeness (QED) is 0.791. The smallest absolute Gasteiger partial charge is 0.167 e. The Morgan fingerprint density at radius 1 is 1.27 bits per heavy atom. The van der Waals surface area contributed by atoms with E-state index < -0.39 is 6.10 Å². The molecule has 1 aliphatic heterocycles. The van der Waals surface area contributed by atoms with Gasteiger partial charge in [-0.25, -0.2) is 0 Å². The molecule has 0 aliphatic carbocycles. The molecule has 1 saturated heterocycles. The first-order valence-electron chi connectivity index (χ1n) is 9.22. The number of ether oxygens (including phenoxy) is 2. The van der Waals surface area contributed by atoms with Crippen molar-refractivity contribution in [3.63, 3.8) is 0 Å². The summed E-state index contributed by atoms with van der Waals surface area (Å²) in [5, 5.41) is 17.7. The lowest BCUT2D eigenvalue weighted by Gasteiger charge is -2.34. The molecule has 6 nitrogen and oxygen atoms in total. The summed E-state index contributed by atoms with van der Waals surface area (Å²) in [6, 6.07) is 10.0. The molecule has 1 aromatic heterocycles. The molecule has 26 heavy (non-hydrogen) atoms. The van der Waals surface area contributed by atoms with Gasteiger partial charge < -0.3 is 24.4 Å². The van der Waals surface area contributed by atoms with Crippen LogP contribution >= 0.6 is 0 Å². The van der Waals surface area contributed by atoms with Crippen LogP contribution < -0.4 is 10.1 Å². The van der Waals surface area contributed by atoms with Gasteiger partial charge in [-0.15, -0.1) is 0 Å². The summed E-state index contributed by atoms with van der Waals surface area (Å²) >= 11 is 0. The molecular weight excluding hydrogens is 332 g/mol. The van der Waals surface area contributed by atoms with Crippen LogP contribution in [0.1, 0.15) is 32.4 Å². The second kappa shape index (κ2) is 8.66. The zero-order chi connectivity index (χ0) is 18.5. The maximum Gasteiger partial charge on any atom is 0.167 e. The fourth-order valence-electron chi connectivity index (χ4n) is 3.17. The number of nitrogens with zero attached hydrogens (tertiary/aromatic N) is 1. The molecule has 3 unspecified atom stereocenters. The average Bonchev–Trinajstić information content (AvgIpc) is 3.10. The third-order valence-electron chi connectivity index (χ3n) is 4.68. The molecule has 2 aromatic rings. The Bertz CT molecular complexity index is 683. The van der Waals surface area contributed by atoms with E-state index in [1.807, 2.05) is 30.3 Å². The van der Waals surface area contributed by atoms with E-state index in [1.165, 1.54) is 0 Å². The van der Waals surface area contributed by atoms with Gasteiger partial charge in [-0.1, -0.05) is 19.0 Å². The third kappa shape index (κ3) is 4.84. The molecule has 0 bridgehead atoms. The highest BCUT2D eigenvalue weighted by molar-refractivity contribution is 5.58. The van der Waals surface area contributed by atoms with E-state index in [-0.39, 0.29) is 12.2 Å². The van der Waals surface area contributed by atoms with E-state index >= 15 is 0 Å². The molecule has 0 spiro atoms. The van der Waals surface area contributed by atoms with Gasteiger partial charge in [-0.05, 0) is 37.1 Å². The van der Waals surface area contributed by atoms with E-state index in [2.05, 4.69) is 24.3 Å². The van der Waals surface area contributed by atoms with Crippen LogP contribution in [0.5, 0.6) is 5.75 Å². The highest BCUT2D eigenvalue weighted by Gasteiger charge is 2.30. The minimum atomic E-state index is -0.412. The van der Waals surface area contributed by atoms with E-state index in [9.17, 15) is 5.11 Å². The van der Waals surface area contributed by atoms with E-state index in [0.29, 0.717) is 19.0 Å². The van der Waals surface area contributed by atoms with Crippen molar-refractivity contribution in [1.29, 1.82) is 0 Å². The van der Waals surface area contributed by atoms with Crippen LogP contribution in [0.3, 0.4) is 0 Å². The fraction of sp³-hybridized carbons (Fsp3) is 0.550. The standard InChI is InChI=1S/C20H28N2O4/c1-13(2)21-12-20-18(23)9-8-17(25-20)10-15-11-19(26-22-15)14-4-6-16(24-3)7-5-14/h4-7,11,13,17-18,20-21,23H,8-10,12H2,1-3H3. The molecule has 0 amide bonds. The minimum Gasteiger partial charge on any atom is -0.497 e. The largest absolute Gasteiger partial charge is 0.497 e. The summed E-state index contributed by atoms with van der Waals surface area (Å²) in [5.41, 5.74) is 1.83. The maximum atomic E-state index is 10.2. The maximum absolute atomic E-state index is 10.2. The lowest BCUT2D eigenvalue weighted by molar-refractivity contribution is -0.115. The third-order valence-corrected chi connectivity index (χ3v) is 4.68. The SMILES string of the molecule is COc1ccc(-c2cc(CC3CCC(O)C(CNC(C)C)O3)no2)cc1. The monoisotopic (exact) mass is 360 g/mol. The van der Waals surface area contributed by atoms with Gasteiger partial charge >= 0.3 is 0 Å². The Labute approximate surface area is 154 Å². The molecular formula is C20H28N2O4. The first-order chi connectivity index (χ1) is 12.5. The predicted molar refractivity (Wildman–Crippen MR) is 99.2 cm³/mol. The molecule has 3 rings (SSSR count). The number of aromatic nitrogens is 1. The van der Waals surface area contributed by atoms with Gasteiger partial charge in [0.25, 0.3) is 0 Å². The van der Waals surface area contributed by atoms with Crippen LogP contribution in [-0.2, 0) is 11.2 Å². The second-order valence-electron chi connectivity index (χ2n) is 7.12. The zero-order valence-corrected chi connectivity index (χ0v) is 15.6. The number of hydrogen-bond donors (Lipinski definition) is 2. The normalized spacial score (nSPS) is 23.3. The average molecular weight is 360 g/mol. The van der Waals surface area contributed by atoms with Gasteiger partial charge in [-0.2, -0.15) is 0 Å². The van der Waals surface area contributed by atoms with Crippen molar-refractivity contribution in [3.05, 3.63) is 36.0 Å². The Morgan fingerprint density at radius 2 is 2.04 bits per heavy atom. The summed E-state index contributed by atoms with van der Waals surface area (Å²) in [5.74, 6) is 1.54. The molecule has 1 aromatic carbocycles. The van der Waals surface area contributed by atoms with E-state index in [4.69, 9.17) is 14.0 Å². The van der Waals surface area contributed by atoms with Crippen LogP contribution in [-0.4, -0.2) is 48.3 Å². The first kappa shape index (κ1) is 18.9. The fourth-order valence-corrected chi connectivity index (χ4v) is 3.17. The Kier molecular flexibility index (Phi) is 6.29. The van der Waals surface area contributed by atoms with Gasteiger partial charge in [-0.3, -0.25) is 0 Å². The lowest BCUT2D eigenvalue weighted by Crippen LogP contribution is -2.46. The van der Waals surface area contributed by atoms with Crippen molar-refractivity contribution in [2.45, 2.75) is 57.5 Å². The predicted octanol–water partition coefficient (Wildman–Crippen LogP) is 2.80. The topological polar surface area (TPSA) is 76.8 Å². The number of hydrogen-bond acceptors (Lipinski definition) is 6. The van der Waals surface area contributed by atoms with Crippen LogP contribution in [0.15, 0.2) is 34.9 Å². The number of nitrogens with one attached hydrogen (secondary N) is 1. The molecule has 3 atom stereocenters. The van der Waals surface area contributed by atoms with E-state index in [0.717, 1.165) is 35.6 Å². The highest BCUT2D eigenvalue weighted by Crippen LogP contribution is 2.26. The molecule has 142 valence electrons. The van der Waals surface area contributed by atoms with Crippen molar-refractivity contribution in [2.24, 2.45) is 0 Å². The molecule has 0 radical (unpaired) electrons. The summed E-state index contributed by atoms with van der Waals surface area (Å²) in [7, 11) is 1.65. The van der Waals surface area contributed by atoms with Crippen molar-refractivity contribution < 1.29 is 19.1 Å². The Hall–Kier alpha value is -1.89. The highest BCUT2D eigenvalue weighted by atomic mass is 16.5. The molecule has 6 heteroatoms. The molecule has 1 aliphatic rings. The molecule has 2 heterocycles.